The lowest BCUT2D eigenvalue weighted by molar-refractivity contribution is 0.550. The van der Waals surface area contributed by atoms with E-state index in [1.54, 1.807) is 0 Å². The van der Waals surface area contributed by atoms with Gasteiger partial charge >= 0.3 is 0 Å². The Bertz CT molecular complexity index is 517. The maximum Gasteiger partial charge on any atom is 0.0704 e. The fourth-order valence-electron chi connectivity index (χ4n) is 2.36. The number of rotatable bonds is 4. The molecule has 0 spiro atoms. The van der Waals surface area contributed by atoms with Crippen LogP contribution in [0, 0.1) is 5.92 Å². The van der Waals surface area contributed by atoms with E-state index in [1.165, 1.54) is 23.8 Å². The molecule has 2 N–H and O–H groups in total. The fourth-order valence-corrected chi connectivity index (χ4v) is 2.36. The van der Waals surface area contributed by atoms with E-state index < -0.39 is 0 Å². The van der Waals surface area contributed by atoms with E-state index in [0.717, 1.165) is 24.3 Å². The zero-order valence-electron chi connectivity index (χ0n) is 9.97. The molecule has 88 valence electrons. The van der Waals surface area contributed by atoms with Crippen LogP contribution in [0.5, 0.6) is 0 Å². The molecule has 3 rings (SSSR count). The third-order valence-corrected chi connectivity index (χ3v) is 3.66. The van der Waals surface area contributed by atoms with Crippen molar-refractivity contribution in [3.63, 3.8) is 0 Å². The van der Waals surface area contributed by atoms with Gasteiger partial charge in [-0.3, -0.25) is 4.98 Å². The van der Waals surface area contributed by atoms with E-state index in [1.807, 2.05) is 12.3 Å². The summed E-state index contributed by atoms with van der Waals surface area (Å²) in [6, 6.07) is 11.0. The molecule has 0 radical (unpaired) electrons. The summed E-state index contributed by atoms with van der Waals surface area (Å²) in [5.41, 5.74) is 8.57. The Balaban J connectivity index is 1.71. The standard InChI is InChI=1S/C15H18N2/c16-14(12-6-7-12)8-4-11-3-5-13-2-1-9-17-15(13)10-11/h1-3,5,9-10,12,14H,4,6-8,16H2. The van der Waals surface area contributed by atoms with Crippen molar-refractivity contribution in [1.29, 1.82) is 0 Å². The fraction of sp³-hybridized carbons (Fsp3) is 0.400. The molecular formula is C15H18N2. The first-order valence-electron chi connectivity index (χ1n) is 6.42. The van der Waals surface area contributed by atoms with Gasteiger partial charge in [0, 0.05) is 17.6 Å². The Kier molecular flexibility index (Phi) is 2.81. The van der Waals surface area contributed by atoms with Crippen LogP contribution in [0.4, 0.5) is 0 Å². The predicted octanol–water partition coefficient (Wildman–Crippen LogP) is 2.90. The number of benzene rings is 1. The minimum atomic E-state index is 0.398. The monoisotopic (exact) mass is 226 g/mol. The number of hydrogen-bond donors (Lipinski definition) is 1. The second kappa shape index (κ2) is 4.46. The summed E-state index contributed by atoms with van der Waals surface area (Å²) in [4.78, 5) is 4.39. The second-order valence-electron chi connectivity index (χ2n) is 5.07. The van der Waals surface area contributed by atoms with Gasteiger partial charge in [-0.2, -0.15) is 0 Å². The van der Waals surface area contributed by atoms with Gasteiger partial charge < -0.3 is 5.73 Å². The molecule has 1 aromatic heterocycles. The normalized spacial score (nSPS) is 17.2. The van der Waals surface area contributed by atoms with Crippen molar-refractivity contribution in [2.45, 2.75) is 31.7 Å². The van der Waals surface area contributed by atoms with Crippen LogP contribution in [0.1, 0.15) is 24.8 Å². The molecule has 0 bridgehead atoms. The lowest BCUT2D eigenvalue weighted by Crippen LogP contribution is -2.22. The van der Waals surface area contributed by atoms with Crippen LogP contribution >= 0.6 is 0 Å². The summed E-state index contributed by atoms with van der Waals surface area (Å²) >= 11 is 0. The van der Waals surface area contributed by atoms with E-state index in [0.29, 0.717) is 6.04 Å². The van der Waals surface area contributed by atoms with Crippen LogP contribution in [-0.4, -0.2) is 11.0 Å². The molecule has 1 aliphatic rings. The van der Waals surface area contributed by atoms with Crippen molar-refractivity contribution in [3.8, 4) is 0 Å². The number of aromatic nitrogens is 1. The van der Waals surface area contributed by atoms with Gasteiger partial charge in [0.2, 0.25) is 0 Å². The topological polar surface area (TPSA) is 38.9 Å². The van der Waals surface area contributed by atoms with E-state index in [9.17, 15) is 0 Å². The van der Waals surface area contributed by atoms with Gasteiger partial charge in [-0.1, -0.05) is 18.2 Å². The molecular weight excluding hydrogens is 208 g/mol. The smallest absolute Gasteiger partial charge is 0.0704 e. The Morgan fingerprint density at radius 2 is 2.18 bits per heavy atom. The zero-order chi connectivity index (χ0) is 11.7. The lowest BCUT2D eigenvalue weighted by atomic mass is 10.0. The molecule has 0 saturated heterocycles. The van der Waals surface area contributed by atoms with Crippen molar-refractivity contribution < 1.29 is 0 Å². The number of hydrogen-bond acceptors (Lipinski definition) is 2. The number of nitrogens with zero attached hydrogens (tertiary/aromatic N) is 1. The first kappa shape index (κ1) is 10.7. The Morgan fingerprint density at radius 3 is 3.00 bits per heavy atom. The molecule has 2 aromatic rings. The number of fused-ring (bicyclic) bond motifs is 1. The summed E-state index contributed by atoms with van der Waals surface area (Å²) < 4.78 is 0. The van der Waals surface area contributed by atoms with E-state index in [4.69, 9.17) is 5.73 Å². The quantitative estimate of drug-likeness (QED) is 0.870. The Hall–Kier alpha value is -1.41. The van der Waals surface area contributed by atoms with E-state index in [-0.39, 0.29) is 0 Å². The molecule has 2 nitrogen and oxygen atoms in total. The highest BCUT2D eigenvalue weighted by Gasteiger charge is 2.27. The van der Waals surface area contributed by atoms with Crippen molar-refractivity contribution in [2.24, 2.45) is 11.7 Å². The molecule has 1 unspecified atom stereocenters. The summed E-state index contributed by atoms with van der Waals surface area (Å²) in [5, 5.41) is 1.21. The van der Waals surface area contributed by atoms with Gasteiger partial charge in [0.25, 0.3) is 0 Å². The first-order chi connectivity index (χ1) is 8.33. The van der Waals surface area contributed by atoms with Crippen molar-refractivity contribution >= 4 is 10.9 Å². The van der Waals surface area contributed by atoms with Crippen LogP contribution in [0.25, 0.3) is 10.9 Å². The molecule has 17 heavy (non-hydrogen) atoms. The van der Waals surface area contributed by atoms with Gasteiger partial charge in [-0.05, 0) is 49.3 Å². The molecule has 1 aliphatic carbocycles. The Morgan fingerprint density at radius 1 is 1.29 bits per heavy atom. The first-order valence-corrected chi connectivity index (χ1v) is 6.42. The average molecular weight is 226 g/mol. The summed E-state index contributed by atoms with van der Waals surface area (Å²) in [7, 11) is 0. The molecule has 0 amide bonds. The summed E-state index contributed by atoms with van der Waals surface area (Å²) in [6.07, 6.45) is 6.69. The summed E-state index contributed by atoms with van der Waals surface area (Å²) in [5.74, 6) is 0.800. The van der Waals surface area contributed by atoms with Crippen LogP contribution in [0.2, 0.25) is 0 Å². The van der Waals surface area contributed by atoms with Crippen molar-refractivity contribution in [3.05, 3.63) is 42.1 Å². The van der Waals surface area contributed by atoms with Crippen LogP contribution < -0.4 is 5.73 Å². The molecule has 1 heterocycles. The van der Waals surface area contributed by atoms with Crippen LogP contribution in [-0.2, 0) is 6.42 Å². The van der Waals surface area contributed by atoms with E-state index >= 15 is 0 Å². The molecule has 0 aliphatic heterocycles. The van der Waals surface area contributed by atoms with Gasteiger partial charge in [0.15, 0.2) is 0 Å². The summed E-state index contributed by atoms with van der Waals surface area (Å²) in [6.45, 7) is 0. The lowest BCUT2D eigenvalue weighted by Gasteiger charge is -2.10. The Labute approximate surface area is 102 Å². The highest BCUT2D eigenvalue weighted by atomic mass is 14.7. The third-order valence-electron chi connectivity index (χ3n) is 3.66. The largest absolute Gasteiger partial charge is 0.327 e. The van der Waals surface area contributed by atoms with Crippen molar-refractivity contribution in [2.75, 3.05) is 0 Å². The van der Waals surface area contributed by atoms with Gasteiger partial charge in [-0.25, -0.2) is 0 Å². The zero-order valence-corrected chi connectivity index (χ0v) is 9.97. The minimum absolute atomic E-state index is 0.398. The number of aryl methyl sites for hydroxylation is 1. The van der Waals surface area contributed by atoms with Crippen LogP contribution in [0.3, 0.4) is 0 Å². The minimum Gasteiger partial charge on any atom is -0.327 e. The van der Waals surface area contributed by atoms with Crippen molar-refractivity contribution in [1.82, 2.24) is 4.98 Å². The third kappa shape index (κ3) is 2.47. The van der Waals surface area contributed by atoms with Crippen LogP contribution in [0.15, 0.2) is 36.5 Å². The highest BCUT2D eigenvalue weighted by molar-refractivity contribution is 5.78. The SMILES string of the molecule is NC(CCc1ccc2cccnc2c1)C1CC1. The van der Waals surface area contributed by atoms with Gasteiger partial charge in [0.1, 0.15) is 0 Å². The highest BCUT2D eigenvalue weighted by Crippen LogP contribution is 2.33. The molecule has 1 atom stereocenters. The maximum absolute atomic E-state index is 6.12. The predicted molar refractivity (Wildman–Crippen MR) is 70.8 cm³/mol. The van der Waals surface area contributed by atoms with E-state index in [2.05, 4.69) is 29.2 Å². The number of nitrogens with two attached hydrogens (primary N) is 1. The average Bonchev–Trinajstić information content (AvgIpc) is 3.20. The second-order valence-corrected chi connectivity index (χ2v) is 5.07. The number of pyridine rings is 1. The van der Waals surface area contributed by atoms with Gasteiger partial charge in [-0.15, -0.1) is 0 Å². The molecule has 2 heteroatoms. The van der Waals surface area contributed by atoms with Gasteiger partial charge in [0.05, 0.1) is 5.52 Å². The maximum atomic E-state index is 6.12. The molecule has 1 saturated carbocycles. The molecule has 1 aromatic carbocycles. The molecule has 1 fully saturated rings.